The van der Waals surface area contributed by atoms with Gasteiger partial charge in [-0.15, -0.1) is 0 Å². The van der Waals surface area contributed by atoms with Gasteiger partial charge in [-0.3, -0.25) is 9.88 Å². The maximum atomic E-state index is 5.37. The Bertz CT molecular complexity index is 2230. The fourth-order valence-corrected chi connectivity index (χ4v) is 7.26. The molecule has 0 saturated heterocycles. The highest BCUT2D eigenvalue weighted by molar-refractivity contribution is 6.20. The van der Waals surface area contributed by atoms with Crippen molar-refractivity contribution in [1.82, 2.24) is 9.97 Å². The molecule has 198 valence electrons. The smallest absolute Gasteiger partial charge is 0.148 e. The zero-order valence-corrected chi connectivity index (χ0v) is 23.5. The van der Waals surface area contributed by atoms with E-state index in [1.165, 1.54) is 38.8 Å². The number of pyridine rings is 2. The van der Waals surface area contributed by atoms with E-state index in [0.29, 0.717) is 0 Å². The van der Waals surface area contributed by atoms with E-state index in [0.717, 1.165) is 44.7 Å². The summed E-state index contributed by atoms with van der Waals surface area (Å²) in [5.41, 5.74) is 12.9. The average molecular weight is 538 g/mol. The lowest BCUT2D eigenvalue weighted by Crippen LogP contribution is -2.19. The minimum absolute atomic E-state index is 0.0939. The van der Waals surface area contributed by atoms with Gasteiger partial charge in [0, 0.05) is 28.1 Å². The Kier molecular flexibility index (Phi) is 4.67. The van der Waals surface area contributed by atoms with E-state index in [9.17, 15) is 0 Å². The number of hydrogen-bond acceptors (Lipinski definition) is 3. The summed E-state index contributed by atoms with van der Waals surface area (Å²) in [5.74, 6) is 0.933. The molecule has 0 atom stereocenters. The quantitative estimate of drug-likeness (QED) is 0.205. The molecule has 0 spiro atoms. The van der Waals surface area contributed by atoms with Crippen molar-refractivity contribution in [1.29, 1.82) is 0 Å². The SMILES string of the molecule is CC1(C)c2ccccc2-c2c(N3c4ccc(-c5ccccc5)cc4-c4nccc5c4c3nc3ccccc35)cccc21. The lowest BCUT2D eigenvalue weighted by Gasteiger charge is -2.34. The Labute approximate surface area is 244 Å². The van der Waals surface area contributed by atoms with Crippen molar-refractivity contribution in [2.45, 2.75) is 19.3 Å². The van der Waals surface area contributed by atoms with Crippen LogP contribution in [0.25, 0.3) is 55.2 Å². The molecule has 9 rings (SSSR count). The molecular weight excluding hydrogens is 510 g/mol. The fraction of sp³-hybridized carbons (Fsp3) is 0.0769. The van der Waals surface area contributed by atoms with Crippen LogP contribution in [0.1, 0.15) is 25.0 Å². The summed E-state index contributed by atoms with van der Waals surface area (Å²) < 4.78 is 0. The molecule has 0 saturated carbocycles. The molecule has 0 unspecified atom stereocenters. The second-order valence-corrected chi connectivity index (χ2v) is 11.8. The van der Waals surface area contributed by atoms with Crippen LogP contribution >= 0.6 is 0 Å². The van der Waals surface area contributed by atoms with Crippen LogP contribution in [0.3, 0.4) is 0 Å². The van der Waals surface area contributed by atoms with Crippen LogP contribution in [0.15, 0.2) is 128 Å². The van der Waals surface area contributed by atoms with Crippen molar-refractivity contribution in [3.05, 3.63) is 139 Å². The van der Waals surface area contributed by atoms with Crippen molar-refractivity contribution < 1.29 is 0 Å². The molecule has 3 heteroatoms. The molecular formula is C39H27N3. The Morgan fingerprint density at radius 1 is 0.595 bits per heavy atom. The molecule has 7 aromatic rings. The van der Waals surface area contributed by atoms with Gasteiger partial charge in [-0.05, 0) is 63.5 Å². The highest BCUT2D eigenvalue weighted by Gasteiger charge is 2.39. The third-order valence-electron chi connectivity index (χ3n) is 9.23. The fourth-order valence-electron chi connectivity index (χ4n) is 7.26. The highest BCUT2D eigenvalue weighted by Crippen LogP contribution is 2.57. The van der Waals surface area contributed by atoms with Gasteiger partial charge in [-0.1, -0.05) is 105 Å². The molecule has 1 aliphatic carbocycles. The Balaban J connectivity index is 1.42. The maximum absolute atomic E-state index is 5.37. The van der Waals surface area contributed by atoms with Crippen molar-refractivity contribution in [2.24, 2.45) is 0 Å². The van der Waals surface area contributed by atoms with Crippen LogP contribution in [0.2, 0.25) is 0 Å². The van der Waals surface area contributed by atoms with Gasteiger partial charge >= 0.3 is 0 Å². The lowest BCUT2D eigenvalue weighted by atomic mass is 9.82. The van der Waals surface area contributed by atoms with Crippen LogP contribution in [-0.4, -0.2) is 9.97 Å². The Hall–Kier alpha value is -5.28. The number of benzene rings is 5. The zero-order valence-electron chi connectivity index (χ0n) is 23.5. The Morgan fingerprint density at radius 2 is 1.38 bits per heavy atom. The van der Waals surface area contributed by atoms with E-state index in [1.54, 1.807) is 0 Å². The summed E-state index contributed by atoms with van der Waals surface area (Å²) in [7, 11) is 0. The number of fused-ring (bicyclic) bond motifs is 7. The number of anilines is 3. The van der Waals surface area contributed by atoms with Crippen LogP contribution in [-0.2, 0) is 5.41 Å². The minimum atomic E-state index is -0.0939. The number of para-hydroxylation sites is 1. The normalized spacial score (nSPS) is 14.1. The molecule has 3 heterocycles. The highest BCUT2D eigenvalue weighted by atomic mass is 15.2. The predicted octanol–water partition coefficient (Wildman–Crippen LogP) is 10.2. The summed E-state index contributed by atoms with van der Waals surface area (Å²) in [5, 5.41) is 3.42. The van der Waals surface area contributed by atoms with E-state index >= 15 is 0 Å². The van der Waals surface area contributed by atoms with Gasteiger partial charge in [0.2, 0.25) is 0 Å². The van der Waals surface area contributed by atoms with Crippen molar-refractivity contribution in [3.8, 4) is 33.5 Å². The van der Waals surface area contributed by atoms with Crippen LogP contribution in [0.4, 0.5) is 17.2 Å². The molecule has 0 radical (unpaired) electrons. The molecule has 0 N–H and O–H groups in total. The topological polar surface area (TPSA) is 29.0 Å². The van der Waals surface area contributed by atoms with Crippen LogP contribution in [0.5, 0.6) is 0 Å². The first-order chi connectivity index (χ1) is 20.6. The molecule has 0 fully saturated rings. The maximum Gasteiger partial charge on any atom is 0.148 e. The van der Waals surface area contributed by atoms with Gasteiger partial charge in [-0.2, -0.15) is 0 Å². The van der Waals surface area contributed by atoms with E-state index in [1.807, 2.05) is 6.20 Å². The third-order valence-corrected chi connectivity index (χ3v) is 9.23. The summed E-state index contributed by atoms with van der Waals surface area (Å²) in [6.45, 7) is 4.67. The Morgan fingerprint density at radius 3 is 2.29 bits per heavy atom. The van der Waals surface area contributed by atoms with Gasteiger partial charge in [0.1, 0.15) is 5.82 Å². The molecule has 2 aliphatic rings. The van der Waals surface area contributed by atoms with Gasteiger partial charge in [0.15, 0.2) is 0 Å². The van der Waals surface area contributed by atoms with Crippen LogP contribution < -0.4 is 4.90 Å². The number of nitrogens with zero attached hydrogens (tertiary/aromatic N) is 3. The van der Waals surface area contributed by atoms with E-state index in [2.05, 4.69) is 140 Å². The number of rotatable bonds is 2. The van der Waals surface area contributed by atoms with Crippen molar-refractivity contribution in [2.75, 3.05) is 4.90 Å². The zero-order chi connectivity index (χ0) is 28.0. The van der Waals surface area contributed by atoms with Crippen molar-refractivity contribution in [3.63, 3.8) is 0 Å². The molecule has 0 bridgehead atoms. The number of hydrogen-bond donors (Lipinski definition) is 0. The molecule has 42 heavy (non-hydrogen) atoms. The molecule has 5 aromatic carbocycles. The number of aromatic nitrogens is 2. The third kappa shape index (κ3) is 3.05. The standard InChI is InChI=1S/C39H27N3/c1-39(2)30-15-8-6-14-28(30)35-31(39)16-10-18-34(35)42-33-20-19-25(24-11-4-3-5-12-24)23-29(33)37-36-27(21-22-40-37)26-13-7-9-17-32(26)41-38(36)42/h3-23H,1-2H3. The molecule has 3 nitrogen and oxygen atoms in total. The van der Waals surface area contributed by atoms with Crippen LogP contribution in [0, 0.1) is 0 Å². The van der Waals surface area contributed by atoms with Gasteiger partial charge in [0.25, 0.3) is 0 Å². The van der Waals surface area contributed by atoms with E-state index < -0.39 is 0 Å². The summed E-state index contributed by atoms with van der Waals surface area (Å²) in [6.07, 6.45) is 1.95. The minimum Gasteiger partial charge on any atom is -0.293 e. The van der Waals surface area contributed by atoms with Gasteiger partial charge in [-0.25, -0.2) is 4.98 Å². The first-order valence-electron chi connectivity index (χ1n) is 14.5. The summed E-state index contributed by atoms with van der Waals surface area (Å²) in [4.78, 5) is 12.8. The molecule has 1 aliphatic heterocycles. The first-order valence-corrected chi connectivity index (χ1v) is 14.5. The lowest BCUT2D eigenvalue weighted by molar-refractivity contribution is 0.660. The summed E-state index contributed by atoms with van der Waals surface area (Å²) >= 11 is 0. The first kappa shape index (κ1) is 23.4. The molecule has 2 aromatic heterocycles. The van der Waals surface area contributed by atoms with Gasteiger partial charge in [0.05, 0.1) is 28.0 Å². The van der Waals surface area contributed by atoms with Gasteiger partial charge < -0.3 is 0 Å². The monoisotopic (exact) mass is 537 g/mol. The summed E-state index contributed by atoms with van der Waals surface area (Å²) in [6, 6.07) is 43.6. The van der Waals surface area contributed by atoms with E-state index in [-0.39, 0.29) is 5.41 Å². The molecule has 0 amide bonds. The second kappa shape index (κ2) is 8.37. The predicted molar refractivity (Wildman–Crippen MR) is 174 cm³/mol. The largest absolute Gasteiger partial charge is 0.293 e. The van der Waals surface area contributed by atoms with Crippen molar-refractivity contribution >= 4 is 38.9 Å². The van der Waals surface area contributed by atoms with E-state index in [4.69, 9.17) is 9.97 Å². The second-order valence-electron chi connectivity index (χ2n) is 11.8. The average Bonchev–Trinajstić information content (AvgIpc) is 3.28.